The molecule has 5 nitrogen and oxygen atoms in total. The summed E-state index contributed by atoms with van der Waals surface area (Å²) >= 11 is 5.14. The summed E-state index contributed by atoms with van der Waals surface area (Å²) in [5, 5.41) is 3.60. The van der Waals surface area contributed by atoms with E-state index in [0.29, 0.717) is 21.2 Å². The topological polar surface area (TPSA) is 66.9 Å². The van der Waals surface area contributed by atoms with Gasteiger partial charge in [-0.25, -0.2) is 0 Å². The highest BCUT2D eigenvalue weighted by molar-refractivity contribution is 7.71. The van der Waals surface area contributed by atoms with E-state index in [1.54, 1.807) is 25.2 Å². The van der Waals surface area contributed by atoms with Crippen molar-refractivity contribution in [2.75, 3.05) is 6.54 Å². The van der Waals surface area contributed by atoms with Crippen molar-refractivity contribution in [2.24, 2.45) is 12.5 Å². The molecule has 0 radical (unpaired) electrons. The lowest BCUT2D eigenvalue weighted by atomic mass is 9.66. The van der Waals surface area contributed by atoms with Gasteiger partial charge in [-0.1, -0.05) is 19.8 Å². The van der Waals surface area contributed by atoms with E-state index in [9.17, 15) is 9.59 Å². The van der Waals surface area contributed by atoms with Crippen LogP contribution in [0.3, 0.4) is 0 Å². The van der Waals surface area contributed by atoms with Crippen LogP contribution in [0.15, 0.2) is 23.0 Å². The van der Waals surface area contributed by atoms with Crippen LogP contribution in [0, 0.1) is 10.2 Å². The Labute approximate surface area is 146 Å². The molecule has 0 saturated heterocycles. The summed E-state index contributed by atoms with van der Waals surface area (Å²) in [6.07, 6.45) is 5.95. The van der Waals surface area contributed by atoms with Crippen molar-refractivity contribution in [3.8, 4) is 0 Å². The van der Waals surface area contributed by atoms with Gasteiger partial charge in [0.25, 0.3) is 11.5 Å². The molecule has 1 aliphatic carbocycles. The maximum Gasteiger partial charge on any atom is 0.261 e. The molecule has 6 heteroatoms. The maximum absolute atomic E-state index is 12.5. The van der Waals surface area contributed by atoms with Crippen LogP contribution in [0.4, 0.5) is 0 Å². The van der Waals surface area contributed by atoms with Crippen molar-refractivity contribution in [3.05, 3.63) is 38.9 Å². The molecule has 1 heterocycles. The molecule has 2 aromatic rings. The number of rotatable bonds is 5. The van der Waals surface area contributed by atoms with Crippen molar-refractivity contribution in [1.29, 1.82) is 0 Å². The molecule has 0 bridgehead atoms. The van der Waals surface area contributed by atoms with E-state index in [0.717, 1.165) is 19.4 Å². The number of aromatic amines is 1. The lowest BCUT2D eigenvalue weighted by Crippen LogP contribution is -2.42. The Morgan fingerprint density at radius 2 is 2.17 bits per heavy atom. The van der Waals surface area contributed by atoms with Crippen molar-refractivity contribution in [1.82, 2.24) is 14.9 Å². The summed E-state index contributed by atoms with van der Waals surface area (Å²) in [6.45, 7) is 2.91. The van der Waals surface area contributed by atoms with E-state index < -0.39 is 0 Å². The second-order valence-electron chi connectivity index (χ2n) is 6.84. The van der Waals surface area contributed by atoms with Gasteiger partial charge >= 0.3 is 0 Å². The molecule has 2 N–H and O–H groups in total. The SMILES string of the molecule is CCCC1(CNC(=O)c2ccc3c(=O)n(C)c(=S)[nH]c3c2)CCC1. The predicted octanol–water partition coefficient (Wildman–Crippen LogP) is 3.30. The Balaban J connectivity index is 1.82. The zero-order valence-corrected chi connectivity index (χ0v) is 15.0. The number of benzene rings is 1. The second-order valence-corrected chi connectivity index (χ2v) is 7.23. The highest BCUT2D eigenvalue weighted by Crippen LogP contribution is 2.44. The van der Waals surface area contributed by atoms with Gasteiger partial charge in [0.1, 0.15) is 0 Å². The van der Waals surface area contributed by atoms with Crippen LogP contribution in [0.5, 0.6) is 0 Å². The number of carbonyl (C=O) groups excluding carboxylic acids is 1. The van der Waals surface area contributed by atoms with Crippen molar-refractivity contribution < 1.29 is 4.79 Å². The van der Waals surface area contributed by atoms with Gasteiger partial charge in [-0.3, -0.25) is 14.2 Å². The molecule has 1 aromatic heterocycles. The normalized spacial score (nSPS) is 15.9. The molecule has 0 unspecified atom stereocenters. The summed E-state index contributed by atoms with van der Waals surface area (Å²) in [7, 11) is 1.63. The molecule has 1 saturated carbocycles. The summed E-state index contributed by atoms with van der Waals surface area (Å²) in [4.78, 5) is 27.7. The highest BCUT2D eigenvalue weighted by atomic mass is 32.1. The molecule has 1 aromatic carbocycles. The summed E-state index contributed by atoms with van der Waals surface area (Å²) in [6, 6.07) is 5.08. The molecule has 24 heavy (non-hydrogen) atoms. The number of aromatic nitrogens is 2. The van der Waals surface area contributed by atoms with E-state index >= 15 is 0 Å². The fraction of sp³-hybridized carbons (Fsp3) is 0.500. The smallest absolute Gasteiger partial charge is 0.261 e. The minimum absolute atomic E-state index is 0.0979. The highest BCUT2D eigenvalue weighted by Gasteiger charge is 2.36. The zero-order valence-electron chi connectivity index (χ0n) is 14.1. The number of nitrogens with zero attached hydrogens (tertiary/aromatic N) is 1. The minimum atomic E-state index is -0.155. The minimum Gasteiger partial charge on any atom is -0.351 e. The van der Waals surface area contributed by atoms with Crippen LogP contribution in [0.25, 0.3) is 10.9 Å². The van der Waals surface area contributed by atoms with Crippen LogP contribution in [-0.2, 0) is 7.05 Å². The summed E-state index contributed by atoms with van der Waals surface area (Å²) < 4.78 is 1.74. The van der Waals surface area contributed by atoms with Crippen LogP contribution in [0.1, 0.15) is 49.4 Å². The van der Waals surface area contributed by atoms with E-state index in [2.05, 4.69) is 17.2 Å². The van der Waals surface area contributed by atoms with Gasteiger partial charge in [-0.15, -0.1) is 0 Å². The number of nitrogens with one attached hydrogen (secondary N) is 2. The Kier molecular flexibility index (Phi) is 4.58. The van der Waals surface area contributed by atoms with Gasteiger partial charge in [0.05, 0.1) is 10.9 Å². The first-order valence-electron chi connectivity index (χ1n) is 8.47. The van der Waals surface area contributed by atoms with E-state index in [1.807, 2.05) is 0 Å². The first kappa shape index (κ1) is 16.9. The average Bonchev–Trinajstić information content (AvgIpc) is 2.54. The van der Waals surface area contributed by atoms with Gasteiger partial charge in [-0.05, 0) is 55.1 Å². The van der Waals surface area contributed by atoms with Crippen molar-refractivity contribution in [2.45, 2.75) is 39.0 Å². The van der Waals surface area contributed by atoms with Crippen LogP contribution < -0.4 is 10.9 Å². The summed E-state index contributed by atoms with van der Waals surface area (Å²) in [5.41, 5.74) is 1.28. The van der Waals surface area contributed by atoms with Gasteiger partial charge in [0.15, 0.2) is 4.77 Å². The number of hydrogen-bond donors (Lipinski definition) is 2. The lowest BCUT2D eigenvalue weighted by Gasteiger charge is -2.42. The number of carbonyl (C=O) groups is 1. The predicted molar refractivity (Wildman–Crippen MR) is 97.9 cm³/mol. The van der Waals surface area contributed by atoms with Gasteiger partial charge in [-0.2, -0.15) is 0 Å². The zero-order chi connectivity index (χ0) is 17.3. The number of hydrogen-bond acceptors (Lipinski definition) is 3. The number of amides is 1. The Bertz CT molecular complexity index is 893. The molecule has 1 amide bonds. The summed E-state index contributed by atoms with van der Waals surface area (Å²) in [5.74, 6) is -0.0979. The molecule has 1 fully saturated rings. The molecule has 0 aliphatic heterocycles. The molecule has 128 valence electrons. The quantitative estimate of drug-likeness (QED) is 0.817. The van der Waals surface area contributed by atoms with Crippen molar-refractivity contribution in [3.63, 3.8) is 0 Å². The molecule has 0 spiro atoms. The standard InChI is InChI=1S/C18H23N3O2S/c1-3-7-18(8-4-9-18)11-19-15(22)12-5-6-13-14(10-12)20-17(24)21(2)16(13)23/h5-6,10H,3-4,7-9,11H2,1-2H3,(H,19,22)(H,20,24). The fourth-order valence-corrected chi connectivity index (χ4v) is 3.73. The molecule has 0 atom stereocenters. The number of H-pyrrole nitrogens is 1. The molecular weight excluding hydrogens is 322 g/mol. The molecule has 1 aliphatic rings. The monoisotopic (exact) mass is 345 g/mol. The van der Waals surface area contributed by atoms with Gasteiger partial charge < -0.3 is 10.3 Å². The third-order valence-corrected chi connectivity index (χ3v) is 5.56. The number of fused-ring (bicyclic) bond motifs is 1. The third kappa shape index (κ3) is 3.02. The van der Waals surface area contributed by atoms with Gasteiger partial charge in [0, 0.05) is 19.2 Å². The largest absolute Gasteiger partial charge is 0.351 e. The maximum atomic E-state index is 12.5. The van der Waals surface area contributed by atoms with Crippen LogP contribution in [-0.4, -0.2) is 22.0 Å². The van der Waals surface area contributed by atoms with E-state index in [4.69, 9.17) is 12.2 Å². The van der Waals surface area contributed by atoms with Crippen LogP contribution >= 0.6 is 12.2 Å². The Morgan fingerprint density at radius 1 is 1.42 bits per heavy atom. The molecule has 3 rings (SSSR count). The average molecular weight is 345 g/mol. The Hall–Kier alpha value is -1.95. The second kappa shape index (κ2) is 6.51. The molecular formula is C18H23N3O2S. The Morgan fingerprint density at radius 3 is 2.79 bits per heavy atom. The van der Waals surface area contributed by atoms with E-state index in [-0.39, 0.29) is 16.9 Å². The first-order valence-corrected chi connectivity index (χ1v) is 8.88. The first-order chi connectivity index (χ1) is 11.5. The van der Waals surface area contributed by atoms with E-state index in [1.165, 1.54) is 23.8 Å². The van der Waals surface area contributed by atoms with Crippen LogP contribution in [0.2, 0.25) is 0 Å². The van der Waals surface area contributed by atoms with Crippen molar-refractivity contribution >= 4 is 29.0 Å². The van der Waals surface area contributed by atoms with Gasteiger partial charge in [0.2, 0.25) is 0 Å². The fourth-order valence-electron chi connectivity index (χ4n) is 3.54. The third-order valence-electron chi connectivity index (χ3n) is 5.18. The lowest BCUT2D eigenvalue weighted by molar-refractivity contribution is 0.0832.